The van der Waals surface area contributed by atoms with Gasteiger partial charge in [-0.1, -0.05) is 0 Å². The average Bonchev–Trinajstić information content (AvgIpc) is 2.90. The van der Waals surface area contributed by atoms with E-state index in [0.29, 0.717) is 11.3 Å². The molecular weight excluding hydrogens is 282 g/mol. The standard InChI is InChI=1S/C17H27NO2S/c1-14-3-4-16(21-14)11-18-8-5-17(6-9-18)7-10-20-13-15(17)12-19-2/h3-4,15H,5-13H2,1-2H3/t15-/m1/s1. The van der Waals surface area contributed by atoms with Crippen molar-refractivity contribution >= 4 is 11.3 Å². The predicted octanol–water partition coefficient (Wildman–Crippen LogP) is 3.32. The summed E-state index contributed by atoms with van der Waals surface area (Å²) in [6.45, 7) is 8.43. The van der Waals surface area contributed by atoms with Crippen LogP contribution in [0.5, 0.6) is 0 Å². The van der Waals surface area contributed by atoms with E-state index in [9.17, 15) is 0 Å². The molecule has 2 aliphatic rings. The number of thiophene rings is 1. The lowest BCUT2D eigenvalue weighted by Gasteiger charge is -2.48. The van der Waals surface area contributed by atoms with Crippen molar-refractivity contribution in [2.24, 2.45) is 11.3 Å². The molecule has 0 amide bonds. The van der Waals surface area contributed by atoms with E-state index in [-0.39, 0.29) is 0 Å². The Hall–Kier alpha value is -0.420. The molecule has 3 rings (SSSR count). The van der Waals surface area contributed by atoms with Crippen molar-refractivity contribution in [2.45, 2.75) is 32.7 Å². The topological polar surface area (TPSA) is 21.7 Å². The molecule has 0 unspecified atom stereocenters. The fourth-order valence-corrected chi connectivity index (χ4v) is 4.85. The number of hydrogen-bond acceptors (Lipinski definition) is 4. The summed E-state index contributed by atoms with van der Waals surface area (Å²) in [5, 5.41) is 0. The van der Waals surface area contributed by atoms with Gasteiger partial charge in [0.2, 0.25) is 0 Å². The summed E-state index contributed by atoms with van der Waals surface area (Å²) >= 11 is 1.94. The van der Waals surface area contributed by atoms with E-state index in [2.05, 4.69) is 24.0 Å². The van der Waals surface area contributed by atoms with Gasteiger partial charge in [0, 0.05) is 35.9 Å². The first-order valence-electron chi connectivity index (χ1n) is 8.06. The van der Waals surface area contributed by atoms with E-state index in [1.54, 1.807) is 0 Å². The lowest BCUT2D eigenvalue weighted by molar-refractivity contribution is -0.0950. The van der Waals surface area contributed by atoms with Crippen LogP contribution >= 0.6 is 11.3 Å². The maximum absolute atomic E-state index is 5.70. The van der Waals surface area contributed by atoms with Crippen molar-refractivity contribution in [1.82, 2.24) is 4.90 Å². The van der Waals surface area contributed by atoms with Crippen LogP contribution in [0.2, 0.25) is 0 Å². The van der Waals surface area contributed by atoms with Crippen molar-refractivity contribution < 1.29 is 9.47 Å². The van der Waals surface area contributed by atoms with Crippen molar-refractivity contribution in [3.05, 3.63) is 21.9 Å². The molecule has 3 heterocycles. The minimum Gasteiger partial charge on any atom is -0.384 e. The van der Waals surface area contributed by atoms with Gasteiger partial charge in [0.25, 0.3) is 0 Å². The molecule has 0 aromatic carbocycles. The van der Waals surface area contributed by atoms with Gasteiger partial charge in [-0.25, -0.2) is 0 Å². The Balaban J connectivity index is 1.58. The molecule has 1 aromatic rings. The maximum Gasteiger partial charge on any atom is 0.0521 e. The van der Waals surface area contributed by atoms with Gasteiger partial charge in [-0.15, -0.1) is 11.3 Å². The molecule has 0 radical (unpaired) electrons. The second kappa shape index (κ2) is 6.78. The molecule has 21 heavy (non-hydrogen) atoms. The number of aryl methyl sites for hydroxylation is 1. The molecule has 4 heteroatoms. The van der Waals surface area contributed by atoms with Crippen LogP contribution in [0, 0.1) is 18.3 Å². The summed E-state index contributed by atoms with van der Waals surface area (Å²) < 4.78 is 11.1. The van der Waals surface area contributed by atoms with Crippen LogP contribution in [0.25, 0.3) is 0 Å². The van der Waals surface area contributed by atoms with Gasteiger partial charge < -0.3 is 9.47 Å². The zero-order chi connectivity index (χ0) is 14.7. The van der Waals surface area contributed by atoms with Gasteiger partial charge >= 0.3 is 0 Å². The van der Waals surface area contributed by atoms with Gasteiger partial charge in [0.05, 0.1) is 13.2 Å². The van der Waals surface area contributed by atoms with Gasteiger partial charge in [0.1, 0.15) is 0 Å². The Morgan fingerprint density at radius 3 is 2.81 bits per heavy atom. The summed E-state index contributed by atoms with van der Waals surface area (Å²) in [6.07, 6.45) is 3.82. The first-order valence-corrected chi connectivity index (χ1v) is 8.88. The highest BCUT2D eigenvalue weighted by Crippen LogP contribution is 2.45. The summed E-state index contributed by atoms with van der Waals surface area (Å²) in [4.78, 5) is 5.54. The molecule has 2 saturated heterocycles. The Labute approximate surface area is 132 Å². The third-order valence-electron chi connectivity index (χ3n) is 5.32. The lowest BCUT2D eigenvalue weighted by Crippen LogP contribution is -2.49. The number of likely N-dealkylation sites (tertiary alicyclic amines) is 1. The van der Waals surface area contributed by atoms with Crippen LogP contribution in [0.4, 0.5) is 0 Å². The smallest absolute Gasteiger partial charge is 0.0521 e. The van der Waals surface area contributed by atoms with Gasteiger partial charge in [-0.3, -0.25) is 4.90 Å². The van der Waals surface area contributed by atoms with E-state index < -0.39 is 0 Å². The van der Waals surface area contributed by atoms with Crippen molar-refractivity contribution in [1.29, 1.82) is 0 Å². The Bertz CT molecular complexity index is 449. The lowest BCUT2D eigenvalue weighted by atomic mass is 9.66. The molecule has 0 N–H and O–H groups in total. The number of hydrogen-bond donors (Lipinski definition) is 0. The SMILES string of the molecule is COC[C@@H]1COCCC12CCN(Cc1ccc(C)s1)CC2. The maximum atomic E-state index is 5.70. The van der Waals surface area contributed by atoms with Crippen LogP contribution in [-0.4, -0.2) is 44.9 Å². The molecule has 2 fully saturated rings. The molecule has 118 valence electrons. The van der Waals surface area contributed by atoms with E-state index >= 15 is 0 Å². The minimum atomic E-state index is 0.468. The zero-order valence-corrected chi connectivity index (χ0v) is 14.1. The largest absolute Gasteiger partial charge is 0.384 e. The van der Waals surface area contributed by atoms with Gasteiger partial charge in [-0.05, 0) is 56.8 Å². The monoisotopic (exact) mass is 309 g/mol. The molecule has 3 nitrogen and oxygen atoms in total. The Morgan fingerprint density at radius 2 is 2.14 bits per heavy atom. The first kappa shape index (κ1) is 15.5. The van der Waals surface area contributed by atoms with Crippen LogP contribution in [0.3, 0.4) is 0 Å². The highest BCUT2D eigenvalue weighted by atomic mass is 32.1. The normalized spacial score (nSPS) is 26.3. The van der Waals surface area contributed by atoms with E-state index in [4.69, 9.17) is 9.47 Å². The van der Waals surface area contributed by atoms with Crippen molar-refractivity contribution in [2.75, 3.05) is 40.0 Å². The molecule has 1 aromatic heterocycles. The fourth-order valence-electron chi connectivity index (χ4n) is 3.91. The third-order valence-corrected chi connectivity index (χ3v) is 6.31. The van der Waals surface area contributed by atoms with Crippen LogP contribution < -0.4 is 0 Å². The van der Waals surface area contributed by atoms with Crippen molar-refractivity contribution in [3.63, 3.8) is 0 Å². The molecule has 1 atom stereocenters. The summed E-state index contributed by atoms with van der Waals surface area (Å²) in [5.74, 6) is 0.586. The molecule has 0 aliphatic carbocycles. The summed E-state index contributed by atoms with van der Waals surface area (Å²) in [7, 11) is 1.82. The highest BCUT2D eigenvalue weighted by molar-refractivity contribution is 7.11. The third kappa shape index (κ3) is 3.50. The summed E-state index contributed by atoms with van der Waals surface area (Å²) in [6, 6.07) is 4.52. The number of nitrogens with zero attached hydrogens (tertiary/aromatic N) is 1. The second-order valence-corrected chi connectivity index (χ2v) is 8.00. The second-order valence-electron chi connectivity index (χ2n) is 6.63. The number of methoxy groups -OCH3 is 1. The quantitative estimate of drug-likeness (QED) is 0.851. The molecule has 0 bridgehead atoms. The Kier molecular flexibility index (Phi) is 4.99. The molecular formula is C17H27NO2S. The molecule has 0 saturated carbocycles. The Morgan fingerprint density at radius 1 is 1.33 bits per heavy atom. The summed E-state index contributed by atoms with van der Waals surface area (Å²) in [5.41, 5.74) is 0.468. The van der Waals surface area contributed by atoms with Crippen LogP contribution in [0.1, 0.15) is 29.0 Å². The van der Waals surface area contributed by atoms with Gasteiger partial charge in [-0.2, -0.15) is 0 Å². The number of ether oxygens (including phenoxy) is 2. The van der Waals surface area contributed by atoms with Crippen molar-refractivity contribution in [3.8, 4) is 0 Å². The van der Waals surface area contributed by atoms with E-state index in [1.807, 2.05) is 18.4 Å². The first-order chi connectivity index (χ1) is 10.2. The average molecular weight is 309 g/mol. The fraction of sp³-hybridized carbons (Fsp3) is 0.765. The van der Waals surface area contributed by atoms with E-state index in [0.717, 1.165) is 26.4 Å². The highest BCUT2D eigenvalue weighted by Gasteiger charge is 2.43. The van der Waals surface area contributed by atoms with E-state index in [1.165, 1.54) is 42.1 Å². The van der Waals surface area contributed by atoms with Crippen LogP contribution in [0.15, 0.2) is 12.1 Å². The zero-order valence-electron chi connectivity index (χ0n) is 13.3. The minimum absolute atomic E-state index is 0.468. The molecule has 2 aliphatic heterocycles. The number of piperidine rings is 1. The predicted molar refractivity (Wildman–Crippen MR) is 86.8 cm³/mol. The van der Waals surface area contributed by atoms with Gasteiger partial charge in [0.15, 0.2) is 0 Å². The molecule has 1 spiro atoms. The number of rotatable bonds is 4. The van der Waals surface area contributed by atoms with Crippen LogP contribution in [-0.2, 0) is 16.0 Å².